The standard InChI is InChI=1S/C14H11FO2.BrH/c15-14(13(16)17,11-7-3-1-4-8-11)12-9-5-2-6-10-12;/h1-10H,(H,16,17);1H. The van der Waals surface area contributed by atoms with Gasteiger partial charge in [0.1, 0.15) is 0 Å². The summed E-state index contributed by atoms with van der Waals surface area (Å²) < 4.78 is 14.8. The third-order valence-electron chi connectivity index (χ3n) is 2.64. The van der Waals surface area contributed by atoms with Gasteiger partial charge in [-0.25, -0.2) is 9.18 Å². The molecule has 0 saturated heterocycles. The lowest BCUT2D eigenvalue weighted by atomic mass is 9.88. The number of aliphatic carboxylic acids is 1. The average molecular weight is 311 g/mol. The third kappa shape index (κ3) is 2.43. The summed E-state index contributed by atoms with van der Waals surface area (Å²) in [6.07, 6.45) is 0. The molecule has 0 bridgehead atoms. The second-order valence-corrected chi connectivity index (χ2v) is 3.70. The van der Waals surface area contributed by atoms with Gasteiger partial charge in [0.2, 0.25) is 0 Å². The molecule has 2 rings (SSSR count). The molecule has 0 heterocycles. The van der Waals surface area contributed by atoms with Crippen LogP contribution in [0.3, 0.4) is 0 Å². The van der Waals surface area contributed by atoms with E-state index in [-0.39, 0.29) is 28.1 Å². The van der Waals surface area contributed by atoms with Crippen LogP contribution in [-0.2, 0) is 10.5 Å². The molecule has 2 aromatic carbocycles. The molecule has 0 aromatic heterocycles. The number of hydrogen-bond donors (Lipinski definition) is 1. The van der Waals surface area contributed by atoms with Crippen molar-refractivity contribution in [1.29, 1.82) is 0 Å². The maximum Gasteiger partial charge on any atom is 0.350 e. The van der Waals surface area contributed by atoms with E-state index < -0.39 is 11.6 Å². The summed E-state index contributed by atoms with van der Waals surface area (Å²) in [5.41, 5.74) is -2.25. The Balaban J connectivity index is 0.00000162. The van der Waals surface area contributed by atoms with Crippen molar-refractivity contribution >= 4 is 23.0 Å². The molecule has 94 valence electrons. The molecule has 0 atom stereocenters. The van der Waals surface area contributed by atoms with Gasteiger partial charge >= 0.3 is 5.97 Å². The van der Waals surface area contributed by atoms with E-state index in [1.54, 1.807) is 36.4 Å². The van der Waals surface area contributed by atoms with Crippen molar-refractivity contribution < 1.29 is 14.3 Å². The first-order valence-corrected chi connectivity index (χ1v) is 5.19. The second kappa shape index (κ2) is 5.78. The van der Waals surface area contributed by atoms with Crippen molar-refractivity contribution in [3.63, 3.8) is 0 Å². The van der Waals surface area contributed by atoms with Gasteiger partial charge in [-0.05, 0) is 0 Å². The maximum atomic E-state index is 14.8. The van der Waals surface area contributed by atoms with Gasteiger partial charge in [-0.3, -0.25) is 0 Å². The molecule has 0 fully saturated rings. The highest BCUT2D eigenvalue weighted by atomic mass is 79.9. The number of carbonyl (C=O) groups is 1. The van der Waals surface area contributed by atoms with E-state index in [9.17, 15) is 9.18 Å². The van der Waals surface area contributed by atoms with Crippen molar-refractivity contribution in [2.45, 2.75) is 5.67 Å². The Bertz CT molecular complexity index is 474. The Labute approximate surface area is 115 Å². The van der Waals surface area contributed by atoms with Crippen molar-refractivity contribution in [3.8, 4) is 0 Å². The minimum atomic E-state index is -2.50. The number of hydrogen-bond acceptors (Lipinski definition) is 1. The van der Waals surface area contributed by atoms with Crippen LogP contribution in [0.5, 0.6) is 0 Å². The van der Waals surface area contributed by atoms with Gasteiger partial charge in [-0.1, -0.05) is 60.7 Å². The van der Waals surface area contributed by atoms with E-state index in [1.807, 2.05) is 0 Å². The molecule has 0 aliphatic heterocycles. The number of carboxylic acids is 1. The van der Waals surface area contributed by atoms with Crippen LogP contribution in [-0.4, -0.2) is 11.1 Å². The largest absolute Gasteiger partial charge is 0.478 e. The predicted molar refractivity (Wildman–Crippen MR) is 72.7 cm³/mol. The van der Waals surface area contributed by atoms with Crippen LogP contribution in [0.2, 0.25) is 0 Å². The highest BCUT2D eigenvalue weighted by molar-refractivity contribution is 8.93. The van der Waals surface area contributed by atoms with Gasteiger partial charge in [0.15, 0.2) is 0 Å². The van der Waals surface area contributed by atoms with E-state index in [4.69, 9.17) is 5.11 Å². The van der Waals surface area contributed by atoms with E-state index in [0.717, 1.165) is 0 Å². The zero-order valence-electron chi connectivity index (χ0n) is 9.42. The minimum absolute atomic E-state index is 0. The Morgan fingerprint density at radius 2 is 1.22 bits per heavy atom. The van der Waals surface area contributed by atoms with E-state index >= 15 is 0 Å². The molecule has 0 radical (unpaired) electrons. The molecule has 1 N–H and O–H groups in total. The summed E-state index contributed by atoms with van der Waals surface area (Å²) >= 11 is 0. The third-order valence-corrected chi connectivity index (χ3v) is 2.64. The number of alkyl halides is 1. The molecule has 4 heteroatoms. The quantitative estimate of drug-likeness (QED) is 0.941. The first-order chi connectivity index (χ1) is 8.15. The summed E-state index contributed by atoms with van der Waals surface area (Å²) in [7, 11) is 0. The molecule has 0 spiro atoms. The molecule has 0 saturated carbocycles. The van der Waals surface area contributed by atoms with Gasteiger partial charge in [0, 0.05) is 11.1 Å². The lowest BCUT2D eigenvalue weighted by Gasteiger charge is -2.21. The molecule has 0 aliphatic carbocycles. The zero-order valence-corrected chi connectivity index (χ0v) is 11.1. The van der Waals surface area contributed by atoms with Gasteiger partial charge in [0.05, 0.1) is 0 Å². The molecule has 18 heavy (non-hydrogen) atoms. The topological polar surface area (TPSA) is 37.3 Å². The minimum Gasteiger partial charge on any atom is -0.478 e. The number of halogens is 2. The van der Waals surface area contributed by atoms with Crippen LogP contribution in [0.1, 0.15) is 11.1 Å². The van der Waals surface area contributed by atoms with Crippen LogP contribution >= 0.6 is 17.0 Å². The molecule has 2 nitrogen and oxygen atoms in total. The normalized spacial score (nSPS) is 10.5. The van der Waals surface area contributed by atoms with Gasteiger partial charge in [0.25, 0.3) is 5.67 Å². The molecular formula is C14H12BrFO2. The fourth-order valence-electron chi connectivity index (χ4n) is 1.75. The van der Waals surface area contributed by atoms with Crippen LogP contribution < -0.4 is 0 Å². The van der Waals surface area contributed by atoms with Crippen LogP contribution in [0.25, 0.3) is 0 Å². The van der Waals surface area contributed by atoms with E-state index in [0.29, 0.717) is 0 Å². The smallest absolute Gasteiger partial charge is 0.350 e. The van der Waals surface area contributed by atoms with Gasteiger partial charge < -0.3 is 5.11 Å². The Kier molecular flexibility index (Phi) is 4.62. The van der Waals surface area contributed by atoms with Crippen LogP contribution in [0, 0.1) is 0 Å². The number of benzene rings is 2. The predicted octanol–water partition coefficient (Wildman–Crippen LogP) is 3.56. The summed E-state index contributed by atoms with van der Waals surface area (Å²) in [6, 6.07) is 15.8. The summed E-state index contributed by atoms with van der Waals surface area (Å²) in [5, 5.41) is 9.16. The lowest BCUT2D eigenvalue weighted by molar-refractivity contribution is -0.148. The second-order valence-electron chi connectivity index (χ2n) is 3.70. The van der Waals surface area contributed by atoms with Crippen molar-refractivity contribution in [1.82, 2.24) is 0 Å². The first-order valence-electron chi connectivity index (χ1n) is 5.19. The highest BCUT2D eigenvalue weighted by Gasteiger charge is 2.42. The Morgan fingerprint density at radius 1 is 0.889 bits per heavy atom. The summed E-state index contributed by atoms with van der Waals surface area (Å²) in [6.45, 7) is 0. The number of rotatable bonds is 3. The van der Waals surface area contributed by atoms with Crippen molar-refractivity contribution in [3.05, 3.63) is 71.8 Å². The Hall–Kier alpha value is -1.68. The van der Waals surface area contributed by atoms with Gasteiger partial charge in [-0.15, -0.1) is 17.0 Å². The molecular weight excluding hydrogens is 299 g/mol. The maximum absolute atomic E-state index is 14.8. The summed E-state index contributed by atoms with van der Waals surface area (Å²) in [4.78, 5) is 11.2. The first kappa shape index (κ1) is 14.4. The Morgan fingerprint density at radius 3 is 1.50 bits per heavy atom. The summed E-state index contributed by atoms with van der Waals surface area (Å²) in [5.74, 6) is -1.50. The molecule has 0 amide bonds. The van der Waals surface area contributed by atoms with Crippen LogP contribution in [0.4, 0.5) is 4.39 Å². The fourth-order valence-corrected chi connectivity index (χ4v) is 1.75. The van der Waals surface area contributed by atoms with Crippen molar-refractivity contribution in [2.75, 3.05) is 0 Å². The molecule has 0 aliphatic rings. The van der Waals surface area contributed by atoms with E-state index in [2.05, 4.69) is 0 Å². The van der Waals surface area contributed by atoms with Crippen molar-refractivity contribution in [2.24, 2.45) is 0 Å². The lowest BCUT2D eigenvalue weighted by Crippen LogP contribution is -2.32. The monoisotopic (exact) mass is 310 g/mol. The van der Waals surface area contributed by atoms with Crippen LogP contribution in [0.15, 0.2) is 60.7 Å². The fraction of sp³-hybridized carbons (Fsp3) is 0.0714. The van der Waals surface area contributed by atoms with E-state index in [1.165, 1.54) is 24.3 Å². The molecule has 2 aromatic rings. The highest BCUT2D eigenvalue weighted by Crippen LogP contribution is 2.33. The van der Waals surface area contributed by atoms with Gasteiger partial charge in [-0.2, -0.15) is 0 Å². The number of carboxylic acid groups (broad SMARTS) is 1. The SMILES string of the molecule is Br.O=C(O)C(F)(c1ccccc1)c1ccccc1. The zero-order chi connectivity index (χ0) is 12.3. The average Bonchev–Trinajstić information content (AvgIpc) is 2.39. The molecule has 0 unspecified atom stereocenters.